The Morgan fingerprint density at radius 3 is 2.84 bits per heavy atom. The molecule has 0 atom stereocenters. The average Bonchev–Trinajstić information content (AvgIpc) is 2.81. The Morgan fingerprint density at radius 1 is 1.42 bits per heavy atom. The summed E-state index contributed by atoms with van der Waals surface area (Å²) >= 11 is 0. The van der Waals surface area contributed by atoms with E-state index in [9.17, 15) is 4.79 Å². The highest BCUT2D eigenvalue weighted by Crippen LogP contribution is 2.32. The first-order chi connectivity index (χ1) is 9.15. The van der Waals surface area contributed by atoms with E-state index >= 15 is 0 Å². The summed E-state index contributed by atoms with van der Waals surface area (Å²) in [4.78, 5) is 19.9. The van der Waals surface area contributed by atoms with E-state index < -0.39 is 6.09 Å². The van der Waals surface area contributed by atoms with Gasteiger partial charge in [-0.15, -0.1) is 0 Å². The standard InChI is InChI=1S/C13H16N4O2/c14-11-2-1-10-12(16-11)9(7-15-10)8-3-5-17(6-4-8)13(18)19/h1-2,7-8,15H,3-6H2,(H2,14,16)(H,18,19). The molecule has 1 aliphatic rings. The molecule has 0 spiro atoms. The lowest BCUT2D eigenvalue weighted by Gasteiger charge is -2.29. The van der Waals surface area contributed by atoms with E-state index in [0.29, 0.717) is 24.8 Å². The Morgan fingerprint density at radius 2 is 2.16 bits per heavy atom. The van der Waals surface area contributed by atoms with Crippen molar-refractivity contribution in [2.24, 2.45) is 0 Å². The van der Waals surface area contributed by atoms with Crippen LogP contribution in [0.3, 0.4) is 0 Å². The van der Waals surface area contributed by atoms with Gasteiger partial charge < -0.3 is 20.7 Å². The maximum Gasteiger partial charge on any atom is 0.407 e. The molecule has 1 fully saturated rings. The molecular formula is C13H16N4O2. The molecular weight excluding hydrogens is 244 g/mol. The quantitative estimate of drug-likeness (QED) is 0.730. The van der Waals surface area contributed by atoms with E-state index in [1.54, 1.807) is 6.07 Å². The SMILES string of the molecule is Nc1ccc2[nH]cc(C3CCN(C(=O)O)CC3)c2n1. The molecule has 4 N–H and O–H groups in total. The number of aromatic nitrogens is 2. The smallest absolute Gasteiger partial charge is 0.407 e. The van der Waals surface area contributed by atoms with Crippen molar-refractivity contribution in [3.05, 3.63) is 23.9 Å². The number of carboxylic acid groups (broad SMARTS) is 1. The first kappa shape index (κ1) is 11.8. The van der Waals surface area contributed by atoms with Gasteiger partial charge in [0.15, 0.2) is 0 Å². The molecule has 0 aromatic carbocycles. The minimum absolute atomic E-state index is 0.346. The molecule has 1 amide bonds. The predicted molar refractivity (Wildman–Crippen MR) is 72.1 cm³/mol. The topological polar surface area (TPSA) is 95.2 Å². The Kier molecular flexibility index (Phi) is 2.77. The summed E-state index contributed by atoms with van der Waals surface area (Å²) in [5.74, 6) is 0.856. The van der Waals surface area contributed by atoms with Crippen molar-refractivity contribution >= 4 is 22.9 Å². The van der Waals surface area contributed by atoms with Crippen LogP contribution in [0.1, 0.15) is 24.3 Å². The van der Waals surface area contributed by atoms with Gasteiger partial charge in [-0.1, -0.05) is 0 Å². The number of likely N-dealkylation sites (tertiary alicyclic amines) is 1. The minimum atomic E-state index is -0.834. The number of piperidine rings is 1. The summed E-state index contributed by atoms with van der Waals surface area (Å²) in [6, 6.07) is 3.70. The molecule has 0 radical (unpaired) electrons. The lowest BCUT2D eigenvalue weighted by Crippen LogP contribution is -2.36. The summed E-state index contributed by atoms with van der Waals surface area (Å²) < 4.78 is 0. The summed E-state index contributed by atoms with van der Waals surface area (Å²) in [5.41, 5.74) is 8.77. The van der Waals surface area contributed by atoms with Crippen LogP contribution in [0.25, 0.3) is 11.0 Å². The Bertz CT molecular complexity index is 614. The number of pyridine rings is 1. The van der Waals surface area contributed by atoms with Crippen LogP contribution in [-0.2, 0) is 0 Å². The number of fused-ring (bicyclic) bond motifs is 1. The number of hydrogen-bond donors (Lipinski definition) is 3. The van der Waals surface area contributed by atoms with E-state index in [2.05, 4.69) is 9.97 Å². The largest absolute Gasteiger partial charge is 0.465 e. The summed E-state index contributed by atoms with van der Waals surface area (Å²) in [6.45, 7) is 1.16. The number of nitrogens with one attached hydrogen (secondary N) is 1. The number of nitrogen functional groups attached to an aromatic ring is 1. The van der Waals surface area contributed by atoms with Gasteiger partial charge in [0.2, 0.25) is 0 Å². The van der Waals surface area contributed by atoms with E-state index in [1.165, 1.54) is 4.90 Å². The van der Waals surface area contributed by atoms with Crippen LogP contribution < -0.4 is 5.73 Å². The molecule has 100 valence electrons. The number of rotatable bonds is 1. The molecule has 0 unspecified atom stereocenters. The fourth-order valence-corrected chi connectivity index (χ4v) is 2.73. The van der Waals surface area contributed by atoms with E-state index in [1.807, 2.05) is 12.3 Å². The van der Waals surface area contributed by atoms with Crippen molar-refractivity contribution in [2.45, 2.75) is 18.8 Å². The van der Waals surface area contributed by atoms with Gasteiger partial charge in [-0.05, 0) is 36.5 Å². The molecule has 2 aromatic rings. The summed E-state index contributed by atoms with van der Waals surface area (Å²) in [7, 11) is 0. The highest BCUT2D eigenvalue weighted by Gasteiger charge is 2.25. The summed E-state index contributed by atoms with van der Waals surface area (Å²) in [6.07, 6.45) is 2.80. The van der Waals surface area contributed by atoms with Crippen molar-refractivity contribution in [3.8, 4) is 0 Å². The normalized spacial score (nSPS) is 16.9. The molecule has 1 saturated heterocycles. The molecule has 19 heavy (non-hydrogen) atoms. The van der Waals surface area contributed by atoms with Gasteiger partial charge in [0.25, 0.3) is 0 Å². The highest BCUT2D eigenvalue weighted by molar-refractivity contribution is 5.81. The second-order valence-electron chi connectivity index (χ2n) is 4.92. The van der Waals surface area contributed by atoms with Crippen LogP contribution in [0.2, 0.25) is 0 Å². The Hall–Kier alpha value is -2.24. The number of aromatic amines is 1. The minimum Gasteiger partial charge on any atom is -0.465 e. The third-order valence-electron chi connectivity index (χ3n) is 3.78. The van der Waals surface area contributed by atoms with Crippen LogP contribution in [0, 0.1) is 0 Å². The third kappa shape index (κ3) is 2.09. The number of nitrogens with two attached hydrogens (primary N) is 1. The molecule has 6 heteroatoms. The van der Waals surface area contributed by atoms with Crippen molar-refractivity contribution in [3.63, 3.8) is 0 Å². The molecule has 3 rings (SSSR count). The van der Waals surface area contributed by atoms with Gasteiger partial charge >= 0.3 is 6.09 Å². The second-order valence-corrected chi connectivity index (χ2v) is 4.92. The first-order valence-corrected chi connectivity index (χ1v) is 6.36. The number of amides is 1. The van der Waals surface area contributed by atoms with Gasteiger partial charge in [0, 0.05) is 19.3 Å². The number of carbonyl (C=O) groups is 1. The van der Waals surface area contributed by atoms with E-state index in [4.69, 9.17) is 10.8 Å². The highest BCUT2D eigenvalue weighted by atomic mass is 16.4. The second kappa shape index (κ2) is 4.46. The van der Waals surface area contributed by atoms with Crippen LogP contribution >= 0.6 is 0 Å². The lowest BCUT2D eigenvalue weighted by molar-refractivity contribution is 0.132. The number of H-pyrrole nitrogens is 1. The molecule has 2 aromatic heterocycles. The zero-order valence-corrected chi connectivity index (χ0v) is 10.5. The van der Waals surface area contributed by atoms with Crippen molar-refractivity contribution in [2.75, 3.05) is 18.8 Å². The molecule has 3 heterocycles. The zero-order valence-electron chi connectivity index (χ0n) is 10.5. The predicted octanol–water partition coefficient (Wildman–Crippen LogP) is 2.00. The third-order valence-corrected chi connectivity index (χ3v) is 3.78. The first-order valence-electron chi connectivity index (χ1n) is 6.36. The maximum absolute atomic E-state index is 10.9. The van der Waals surface area contributed by atoms with E-state index in [-0.39, 0.29) is 0 Å². The molecule has 1 aliphatic heterocycles. The maximum atomic E-state index is 10.9. The number of hydrogen-bond acceptors (Lipinski definition) is 3. The van der Waals surface area contributed by atoms with Gasteiger partial charge in [-0.25, -0.2) is 9.78 Å². The van der Waals surface area contributed by atoms with Crippen LogP contribution in [0.4, 0.5) is 10.6 Å². The lowest BCUT2D eigenvalue weighted by atomic mass is 9.90. The fourth-order valence-electron chi connectivity index (χ4n) is 2.73. The number of nitrogens with zero attached hydrogens (tertiary/aromatic N) is 2. The van der Waals surface area contributed by atoms with Gasteiger partial charge in [0.1, 0.15) is 5.82 Å². The molecule has 0 bridgehead atoms. The van der Waals surface area contributed by atoms with Gasteiger partial charge in [-0.3, -0.25) is 0 Å². The molecule has 0 saturated carbocycles. The Balaban J connectivity index is 1.85. The fraction of sp³-hybridized carbons (Fsp3) is 0.385. The number of anilines is 1. The van der Waals surface area contributed by atoms with E-state index in [0.717, 1.165) is 29.4 Å². The van der Waals surface area contributed by atoms with Crippen molar-refractivity contribution in [1.82, 2.24) is 14.9 Å². The monoisotopic (exact) mass is 260 g/mol. The van der Waals surface area contributed by atoms with Crippen LogP contribution in [0.15, 0.2) is 18.3 Å². The molecule has 6 nitrogen and oxygen atoms in total. The van der Waals surface area contributed by atoms with Gasteiger partial charge in [0.05, 0.1) is 11.0 Å². The summed E-state index contributed by atoms with van der Waals surface area (Å²) in [5, 5.41) is 8.95. The zero-order chi connectivity index (χ0) is 13.4. The Labute approximate surface area is 110 Å². The van der Waals surface area contributed by atoms with Gasteiger partial charge in [-0.2, -0.15) is 0 Å². The van der Waals surface area contributed by atoms with Crippen LogP contribution in [0.5, 0.6) is 0 Å². The molecule has 0 aliphatic carbocycles. The average molecular weight is 260 g/mol. The van der Waals surface area contributed by atoms with Crippen molar-refractivity contribution < 1.29 is 9.90 Å². The van der Waals surface area contributed by atoms with Crippen LogP contribution in [-0.4, -0.2) is 39.2 Å². The van der Waals surface area contributed by atoms with Crippen molar-refractivity contribution in [1.29, 1.82) is 0 Å².